The fourth-order valence-corrected chi connectivity index (χ4v) is 1.44. The van der Waals surface area contributed by atoms with Crippen molar-refractivity contribution in [2.45, 2.75) is 13.0 Å². The summed E-state index contributed by atoms with van der Waals surface area (Å²) in [6.07, 6.45) is -0.746. The Balaban J connectivity index is 2.35. The van der Waals surface area contributed by atoms with Crippen molar-refractivity contribution in [2.75, 3.05) is 20.3 Å². The highest BCUT2D eigenvalue weighted by Crippen LogP contribution is 2.16. The number of nitrogens with two attached hydrogens (primary N) is 1. The van der Waals surface area contributed by atoms with Gasteiger partial charge < -0.3 is 20.5 Å². The summed E-state index contributed by atoms with van der Waals surface area (Å²) in [5.74, 6) is 0.831. The molecule has 0 aliphatic heterocycles. The van der Waals surface area contributed by atoms with Crippen molar-refractivity contribution in [3.05, 3.63) is 29.8 Å². The molecule has 94 valence electrons. The minimum Gasteiger partial charge on any atom is -0.497 e. The van der Waals surface area contributed by atoms with E-state index in [0.29, 0.717) is 6.54 Å². The number of carbonyl (C=O) groups excluding carboxylic acids is 1. The number of primary amides is 1. The molecule has 0 aliphatic carbocycles. The van der Waals surface area contributed by atoms with E-state index < -0.39 is 6.09 Å². The average molecular weight is 238 g/mol. The molecule has 0 aromatic heterocycles. The van der Waals surface area contributed by atoms with Crippen molar-refractivity contribution in [3.63, 3.8) is 0 Å². The van der Waals surface area contributed by atoms with Crippen molar-refractivity contribution < 1.29 is 14.3 Å². The Morgan fingerprint density at radius 3 is 2.59 bits per heavy atom. The number of benzene rings is 1. The first-order valence-electron chi connectivity index (χ1n) is 5.43. The molecule has 0 spiro atoms. The predicted octanol–water partition coefficient (Wildman–Crippen LogP) is 1.44. The van der Waals surface area contributed by atoms with Crippen LogP contribution in [0.2, 0.25) is 0 Å². The Kier molecular flexibility index (Phi) is 5.29. The molecule has 0 bridgehead atoms. The molecule has 0 saturated carbocycles. The summed E-state index contributed by atoms with van der Waals surface area (Å²) in [7, 11) is 1.64. The summed E-state index contributed by atoms with van der Waals surface area (Å²) in [6.45, 7) is 2.87. The van der Waals surface area contributed by atoms with Gasteiger partial charge in [0.05, 0.1) is 7.11 Å². The lowest BCUT2D eigenvalue weighted by Gasteiger charge is -2.14. The average Bonchev–Trinajstić information content (AvgIpc) is 2.34. The summed E-state index contributed by atoms with van der Waals surface area (Å²) in [4.78, 5) is 10.3. The first-order valence-corrected chi connectivity index (χ1v) is 5.43. The van der Waals surface area contributed by atoms with E-state index in [0.717, 1.165) is 11.3 Å². The zero-order valence-corrected chi connectivity index (χ0v) is 10.1. The van der Waals surface area contributed by atoms with Gasteiger partial charge in [0.15, 0.2) is 0 Å². The Morgan fingerprint density at radius 2 is 2.06 bits per heavy atom. The third-order valence-electron chi connectivity index (χ3n) is 2.41. The quantitative estimate of drug-likeness (QED) is 0.735. The van der Waals surface area contributed by atoms with E-state index in [-0.39, 0.29) is 12.6 Å². The lowest BCUT2D eigenvalue weighted by molar-refractivity contribution is 0.156. The van der Waals surface area contributed by atoms with Gasteiger partial charge in [-0.3, -0.25) is 0 Å². The monoisotopic (exact) mass is 238 g/mol. The molecular formula is C12H18N2O3. The molecule has 1 atom stereocenters. The van der Waals surface area contributed by atoms with Crippen LogP contribution < -0.4 is 15.8 Å². The number of carbonyl (C=O) groups is 1. The summed E-state index contributed by atoms with van der Waals surface area (Å²) >= 11 is 0. The van der Waals surface area contributed by atoms with Crippen molar-refractivity contribution in [2.24, 2.45) is 5.73 Å². The van der Waals surface area contributed by atoms with Gasteiger partial charge in [0, 0.05) is 12.6 Å². The van der Waals surface area contributed by atoms with E-state index in [4.69, 9.17) is 10.5 Å². The second-order valence-electron chi connectivity index (χ2n) is 3.62. The molecule has 1 rings (SSSR count). The van der Waals surface area contributed by atoms with Gasteiger partial charge in [-0.15, -0.1) is 0 Å². The zero-order valence-electron chi connectivity index (χ0n) is 10.1. The molecule has 3 N–H and O–H groups in total. The van der Waals surface area contributed by atoms with Crippen molar-refractivity contribution >= 4 is 6.09 Å². The van der Waals surface area contributed by atoms with Crippen LogP contribution in [0.25, 0.3) is 0 Å². The van der Waals surface area contributed by atoms with Crippen LogP contribution in [0.4, 0.5) is 4.79 Å². The van der Waals surface area contributed by atoms with Gasteiger partial charge >= 0.3 is 6.09 Å². The van der Waals surface area contributed by atoms with Gasteiger partial charge in [-0.2, -0.15) is 0 Å². The van der Waals surface area contributed by atoms with E-state index in [1.165, 1.54) is 0 Å². The molecule has 1 amide bonds. The minimum absolute atomic E-state index is 0.178. The summed E-state index contributed by atoms with van der Waals surface area (Å²) in [5.41, 5.74) is 5.99. The number of rotatable bonds is 6. The maximum Gasteiger partial charge on any atom is 0.404 e. The van der Waals surface area contributed by atoms with Crippen LogP contribution in [0.1, 0.15) is 18.5 Å². The number of ether oxygens (including phenoxy) is 2. The number of hydrogen-bond acceptors (Lipinski definition) is 4. The van der Waals surface area contributed by atoms with E-state index in [1.54, 1.807) is 7.11 Å². The van der Waals surface area contributed by atoms with Crippen LogP contribution in [0.3, 0.4) is 0 Å². The fourth-order valence-electron chi connectivity index (χ4n) is 1.44. The highest BCUT2D eigenvalue weighted by atomic mass is 16.5. The molecule has 0 aliphatic rings. The molecule has 5 nitrogen and oxygen atoms in total. The molecule has 5 heteroatoms. The number of amides is 1. The van der Waals surface area contributed by atoms with Crippen molar-refractivity contribution in [1.82, 2.24) is 5.32 Å². The largest absolute Gasteiger partial charge is 0.497 e. The van der Waals surface area contributed by atoms with Crippen LogP contribution in [0.5, 0.6) is 5.75 Å². The standard InChI is InChI=1S/C12H18N2O3/c1-9(14-7-8-17-12(13)15)10-3-5-11(16-2)6-4-10/h3-6,9,14H,7-8H2,1-2H3,(H2,13,15). The topological polar surface area (TPSA) is 73.6 Å². The predicted molar refractivity (Wildman–Crippen MR) is 64.9 cm³/mol. The molecule has 17 heavy (non-hydrogen) atoms. The molecule has 1 aromatic rings. The smallest absolute Gasteiger partial charge is 0.404 e. The lowest BCUT2D eigenvalue weighted by atomic mass is 10.1. The molecular weight excluding hydrogens is 220 g/mol. The van der Waals surface area contributed by atoms with Crippen LogP contribution in [0.15, 0.2) is 24.3 Å². The lowest BCUT2D eigenvalue weighted by Crippen LogP contribution is -2.25. The van der Waals surface area contributed by atoms with Gasteiger partial charge in [0.1, 0.15) is 12.4 Å². The third kappa shape index (κ3) is 4.74. The molecule has 0 heterocycles. The van der Waals surface area contributed by atoms with Gasteiger partial charge in [0.2, 0.25) is 0 Å². The first kappa shape index (κ1) is 13.3. The highest BCUT2D eigenvalue weighted by Gasteiger charge is 2.04. The van der Waals surface area contributed by atoms with Crippen LogP contribution in [0, 0.1) is 0 Å². The Morgan fingerprint density at radius 1 is 1.41 bits per heavy atom. The maximum absolute atomic E-state index is 10.3. The number of methoxy groups -OCH3 is 1. The second kappa shape index (κ2) is 6.75. The molecule has 0 fully saturated rings. The van der Waals surface area contributed by atoms with Crippen molar-refractivity contribution in [1.29, 1.82) is 0 Å². The van der Waals surface area contributed by atoms with Gasteiger partial charge in [-0.25, -0.2) is 4.79 Å². The van der Waals surface area contributed by atoms with Crippen LogP contribution in [-0.2, 0) is 4.74 Å². The van der Waals surface area contributed by atoms with Gasteiger partial charge in [-0.05, 0) is 24.6 Å². The van der Waals surface area contributed by atoms with Gasteiger partial charge in [-0.1, -0.05) is 12.1 Å². The molecule has 1 unspecified atom stereocenters. The Labute approximate surface area is 101 Å². The molecule has 0 saturated heterocycles. The summed E-state index contributed by atoms with van der Waals surface area (Å²) in [6, 6.07) is 7.98. The van der Waals surface area contributed by atoms with Crippen LogP contribution in [-0.4, -0.2) is 26.4 Å². The van der Waals surface area contributed by atoms with Gasteiger partial charge in [0.25, 0.3) is 0 Å². The minimum atomic E-state index is -0.746. The van der Waals surface area contributed by atoms with E-state index in [2.05, 4.69) is 10.1 Å². The Bertz CT molecular complexity index is 351. The highest BCUT2D eigenvalue weighted by molar-refractivity contribution is 5.64. The van der Waals surface area contributed by atoms with Crippen LogP contribution >= 0.6 is 0 Å². The van der Waals surface area contributed by atoms with Crippen molar-refractivity contribution in [3.8, 4) is 5.75 Å². The molecule has 1 aromatic carbocycles. The van der Waals surface area contributed by atoms with E-state index >= 15 is 0 Å². The Hall–Kier alpha value is -1.75. The molecule has 0 radical (unpaired) electrons. The summed E-state index contributed by atoms with van der Waals surface area (Å²) in [5, 5.41) is 3.22. The van der Waals surface area contributed by atoms with E-state index in [9.17, 15) is 4.79 Å². The SMILES string of the molecule is COc1ccc(C(C)NCCOC(N)=O)cc1. The number of nitrogens with one attached hydrogen (secondary N) is 1. The summed E-state index contributed by atoms with van der Waals surface area (Å²) < 4.78 is 9.70. The zero-order chi connectivity index (χ0) is 12.7. The third-order valence-corrected chi connectivity index (χ3v) is 2.41. The number of hydrogen-bond donors (Lipinski definition) is 2. The maximum atomic E-state index is 10.3. The van der Waals surface area contributed by atoms with E-state index in [1.807, 2.05) is 31.2 Å². The normalized spacial score (nSPS) is 11.9. The first-order chi connectivity index (χ1) is 8.13. The second-order valence-corrected chi connectivity index (χ2v) is 3.62. The fraction of sp³-hybridized carbons (Fsp3) is 0.417.